The first-order chi connectivity index (χ1) is 8.87. The summed E-state index contributed by atoms with van der Waals surface area (Å²) < 4.78 is 13.6. The van der Waals surface area contributed by atoms with Gasteiger partial charge in [-0.05, 0) is 50.8 Å². The smallest absolute Gasteiger partial charge is 0.157 e. The molecule has 1 N–H and O–H groups in total. The summed E-state index contributed by atoms with van der Waals surface area (Å²) in [6, 6.07) is 3.76. The van der Waals surface area contributed by atoms with E-state index in [9.17, 15) is 4.39 Å². The molecule has 0 amide bonds. The predicted octanol–water partition coefficient (Wildman–Crippen LogP) is 3.80. The second kappa shape index (κ2) is 5.53. The van der Waals surface area contributed by atoms with Crippen molar-refractivity contribution in [2.45, 2.75) is 46.2 Å². The fourth-order valence-electron chi connectivity index (χ4n) is 2.17. The fourth-order valence-corrected chi connectivity index (χ4v) is 3.48. The van der Waals surface area contributed by atoms with Crippen LogP contribution < -0.4 is 5.32 Å². The number of hydrogen-bond acceptors (Lipinski definition) is 2. The summed E-state index contributed by atoms with van der Waals surface area (Å²) in [4.78, 5) is 4.61. The number of aryl methyl sites for hydroxylation is 2. The summed E-state index contributed by atoms with van der Waals surface area (Å²) in [5.41, 5.74) is 2.58. The van der Waals surface area contributed by atoms with Crippen LogP contribution in [0.1, 0.15) is 37.0 Å². The first kappa shape index (κ1) is 14.4. The molecular weight excluding hydrogens is 259 g/mol. The van der Waals surface area contributed by atoms with Gasteiger partial charge in [0.15, 0.2) is 5.17 Å². The molecule has 0 radical (unpaired) electrons. The van der Waals surface area contributed by atoms with Crippen molar-refractivity contribution in [1.29, 1.82) is 0 Å². The Balaban J connectivity index is 2.10. The van der Waals surface area contributed by atoms with Gasteiger partial charge in [0.05, 0.1) is 6.54 Å². The third kappa shape index (κ3) is 3.72. The number of nitrogens with zero attached hydrogens (tertiary/aromatic N) is 1. The molecule has 1 aromatic carbocycles. The Morgan fingerprint density at radius 3 is 2.53 bits per heavy atom. The monoisotopic (exact) mass is 280 g/mol. The van der Waals surface area contributed by atoms with Crippen LogP contribution in [-0.4, -0.2) is 16.5 Å². The van der Waals surface area contributed by atoms with E-state index in [4.69, 9.17) is 0 Å². The highest BCUT2D eigenvalue weighted by Gasteiger charge is 2.23. The fraction of sp³-hybridized carbons (Fsp3) is 0.533. The molecular formula is C15H21FN2S. The molecule has 1 fully saturated rings. The summed E-state index contributed by atoms with van der Waals surface area (Å²) >= 11 is 1.76. The van der Waals surface area contributed by atoms with Gasteiger partial charge in [-0.15, -0.1) is 0 Å². The lowest BCUT2D eigenvalue weighted by molar-refractivity contribution is 0.446. The van der Waals surface area contributed by atoms with E-state index in [-0.39, 0.29) is 11.4 Å². The van der Waals surface area contributed by atoms with Gasteiger partial charge < -0.3 is 5.32 Å². The third-order valence-corrected chi connectivity index (χ3v) is 4.23. The number of thioether (sulfide) groups is 1. The van der Waals surface area contributed by atoms with Gasteiger partial charge in [0.2, 0.25) is 0 Å². The van der Waals surface area contributed by atoms with E-state index in [0.29, 0.717) is 17.7 Å². The zero-order valence-electron chi connectivity index (χ0n) is 12.0. The summed E-state index contributed by atoms with van der Waals surface area (Å²) in [7, 11) is 0. The highest BCUT2D eigenvalue weighted by atomic mass is 32.2. The van der Waals surface area contributed by atoms with Crippen molar-refractivity contribution < 1.29 is 4.39 Å². The number of benzene rings is 1. The molecule has 0 saturated carbocycles. The molecule has 1 aliphatic rings. The van der Waals surface area contributed by atoms with Crippen LogP contribution in [0.25, 0.3) is 0 Å². The van der Waals surface area contributed by atoms with Gasteiger partial charge in [-0.3, -0.25) is 4.99 Å². The average Bonchev–Trinajstić information content (AvgIpc) is 2.32. The first-order valence-electron chi connectivity index (χ1n) is 6.58. The van der Waals surface area contributed by atoms with Crippen LogP contribution in [0, 0.1) is 19.7 Å². The zero-order valence-corrected chi connectivity index (χ0v) is 12.8. The molecule has 0 bridgehead atoms. The Morgan fingerprint density at radius 1 is 1.32 bits per heavy atom. The van der Waals surface area contributed by atoms with Crippen LogP contribution in [0.5, 0.6) is 0 Å². The van der Waals surface area contributed by atoms with E-state index in [1.165, 1.54) is 0 Å². The number of aliphatic imine (C=N–C) groups is 1. The van der Waals surface area contributed by atoms with Gasteiger partial charge in [0, 0.05) is 11.3 Å². The zero-order chi connectivity index (χ0) is 14.0. The molecule has 1 aromatic rings. The second-order valence-corrected chi connectivity index (χ2v) is 6.86. The molecule has 2 nitrogen and oxygen atoms in total. The van der Waals surface area contributed by atoms with Crippen molar-refractivity contribution in [3.63, 3.8) is 0 Å². The number of hydrogen-bond donors (Lipinski definition) is 1. The van der Waals surface area contributed by atoms with Crippen LogP contribution in [0.2, 0.25) is 0 Å². The van der Waals surface area contributed by atoms with Crippen LogP contribution in [-0.2, 0) is 6.54 Å². The maximum Gasteiger partial charge on any atom is 0.157 e. The predicted molar refractivity (Wildman–Crippen MR) is 81.3 cm³/mol. The third-order valence-electron chi connectivity index (χ3n) is 3.31. The number of nitrogens with one attached hydrogen (secondary N) is 1. The van der Waals surface area contributed by atoms with Gasteiger partial charge in [-0.1, -0.05) is 23.9 Å². The minimum absolute atomic E-state index is 0.109. The maximum atomic E-state index is 13.6. The van der Waals surface area contributed by atoms with E-state index < -0.39 is 0 Å². The lowest BCUT2D eigenvalue weighted by Crippen LogP contribution is -2.46. The standard InChI is InChI=1S/C15H21FN2S/c1-10-7-12(8-11(2)13(10)16)9-17-14-18-15(3,4)5-6-19-14/h7-8H,5-6,9H2,1-4H3,(H,17,18). The molecule has 1 aliphatic heterocycles. The molecule has 0 unspecified atom stereocenters. The van der Waals surface area contributed by atoms with Gasteiger partial charge >= 0.3 is 0 Å². The quantitative estimate of drug-likeness (QED) is 0.891. The lowest BCUT2D eigenvalue weighted by atomic mass is 10.0. The minimum atomic E-state index is -0.109. The van der Waals surface area contributed by atoms with E-state index in [0.717, 1.165) is 22.9 Å². The van der Waals surface area contributed by atoms with Crippen molar-refractivity contribution in [3.05, 3.63) is 34.6 Å². The van der Waals surface area contributed by atoms with E-state index in [2.05, 4.69) is 24.2 Å². The van der Waals surface area contributed by atoms with Gasteiger partial charge in [0.1, 0.15) is 5.82 Å². The molecule has 1 saturated heterocycles. The van der Waals surface area contributed by atoms with Crippen molar-refractivity contribution in [1.82, 2.24) is 5.32 Å². The average molecular weight is 280 g/mol. The minimum Gasteiger partial charge on any atom is -0.360 e. The highest BCUT2D eigenvalue weighted by molar-refractivity contribution is 8.13. The summed E-state index contributed by atoms with van der Waals surface area (Å²) in [5.74, 6) is 0.989. The Hall–Kier alpha value is -1.03. The van der Waals surface area contributed by atoms with E-state index in [1.807, 2.05) is 12.1 Å². The van der Waals surface area contributed by atoms with Crippen LogP contribution in [0.3, 0.4) is 0 Å². The lowest BCUT2D eigenvalue weighted by Gasteiger charge is -2.32. The van der Waals surface area contributed by atoms with Gasteiger partial charge in [-0.2, -0.15) is 0 Å². The Labute approximate surface area is 118 Å². The highest BCUT2D eigenvalue weighted by Crippen LogP contribution is 2.22. The van der Waals surface area contributed by atoms with E-state index in [1.54, 1.807) is 25.6 Å². The molecule has 104 valence electrons. The largest absolute Gasteiger partial charge is 0.360 e. The number of amidine groups is 1. The Kier molecular flexibility index (Phi) is 4.19. The molecule has 2 rings (SSSR count). The van der Waals surface area contributed by atoms with Crippen molar-refractivity contribution >= 4 is 16.9 Å². The Bertz CT molecular complexity index is 486. The maximum absolute atomic E-state index is 13.6. The van der Waals surface area contributed by atoms with E-state index >= 15 is 0 Å². The van der Waals surface area contributed by atoms with Crippen LogP contribution in [0.4, 0.5) is 4.39 Å². The van der Waals surface area contributed by atoms with Crippen molar-refractivity contribution in [3.8, 4) is 0 Å². The van der Waals surface area contributed by atoms with Crippen molar-refractivity contribution in [2.24, 2.45) is 4.99 Å². The first-order valence-corrected chi connectivity index (χ1v) is 7.57. The van der Waals surface area contributed by atoms with Crippen molar-refractivity contribution in [2.75, 3.05) is 5.75 Å². The second-order valence-electron chi connectivity index (χ2n) is 5.77. The summed E-state index contributed by atoms with van der Waals surface area (Å²) in [5, 5.41) is 4.44. The van der Waals surface area contributed by atoms with Gasteiger partial charge in [-0.25, -0.2) is 4.39 Å². The molecule has 19 heavy (non-hydrogen) atoms. The number of rotatable bonds is 2. The molecule has 1 heterocycles. The molecule has 0 spiro atoms. The normalized spacial score (nSPS) is 20.4. The topological polar surface area (TPSA) is 24.4 Å². The molecule has 0 aliphatic carbocycles. The van der Waals surface area contributed by atoms with Crippen LogP contribution >= 0.6 is 11.8 Å². The summed E-state index contributed by atoms with van der Waals surface area (Å²) in [6.45, 7) is 8.58. The van der Waals surface area contributed by atoms with Gasteiger partial charge in [0.25, 0.3) is 0 Å². The number of halogens is 1. The SMILES string of the molecule is Cc1cc(CN=C2NC(C)(C)CCS2)cc(C)c1F. The summed E-state index contributed by atoms with van der Waals surface area (Å²) in [6.07, 6.45) is 1.14. The molecule has 4 heteroatoms. The Morgan fingerprint density at radius 2 is 1.95 bits per heavy atom. The molecule has 0 aromatic heterocycles. The molecule has 0 atom stereocenters. The van der Waals surface area contributed by atoms with Crippen LogP contribution in [0.15, 0.2) is 17.1 Å².